The number of hydrogen-bond acceptors (Lipinski definition) is 4. The topological polar surface area (TPSA) is 92.2 Å². The Bertz CT molecular complexity index is 1590. The minimum absolute atomic E-state index is 0.0193. The number of aromatic nitrogens is 3. The van der Waals surface area contributed by atoms with Gasteiger partial charge in [-0.15, -0.1) is 5.10 Å². The molecule has 8 nitrogen and oxygen atoms in total. The van der Waals surface area contributed by atoms with Gasteiger partial charge in [-0.05, 0) is 85.0 Å². The fourth-order valence-corrected chi connectivity index (χ4v) is 5.81. The van der Waals surface area contributed by atoms with Crippen molar-refractivity contribution in [2.45, 2.75) is 58.2 Å². The number of urea groups is 1. The molecule has 0 saturated heterocycles. The first-order valence-corrected chi connectivity index (χ1v) is 14.0. The highest BCUT2D eigenvalue weighted by Crippen LogP contribution is 2.47. The molecule has 2 N–H and O–H groups in total. The Kier molecular flexibility index (Phi) is 6.56. The number of fused-ring (bicyclic) bond motifs is 2. The van der Waals surface area contributed by atoms with E-state index < -0.39 is 0 Å². The van der Waals surface area contributed by atoms with Gasteiger partial charge in [0.15, 0.2) is 0 Å². The van der Waals surface area contributed by atoms with Crippen molar-refractivity contribution in [1.29, 1.82) is 0 Å². The number of nitrogens with zero attached hydrogens (tertiary/aromatic N) is 4. The molecule has 4 aromatic rings. The van der Waals surface area contributed by atoms with Crippen molar-refractivity contribution in [3.8, 4) is 11.1 Å². The summed E-state index contributed by atoms with van der Waals surface area (Å²) in [5.41, 5.74) is 8.39. The second-order valence-corrected chi connectivity index (χ2v) is 12.1. The standard InChI is InChI=1S/C32H36N6O2/c1-32(2,3)34-31(40)38-15-14-24-23(21-11-13-28-29(16-21)37(4)36-35-28)12-10-22(27(24)19-38)18-33-30(39)26-17-25(26)20-8-6-5-7-9-20/h5-13,16,25-26H,14-15,17-19H2,1-4H3,(H,33,39)(H,34,40)/t25-,26+/m1/s1. The Morgan fingerprint density at radius 1 is 1.02 bits per heavy atom. The minimum Gasteiger partial charge on any atom is -0.352 e. The lowest BCUT2D eigenvalue weighted by Gasteiger charge is -2.34. The molecule has 206 valence electrons. The van der Waals surface area contributed by atoms with E-state index in [-0.39, 0.29) is 23.4 Å². The van der Waals surface area contributed by atoms with Crippen LogP contribution in [0.25, 0.3) is 22.2 Å². The molecule has 8 heteroatoms. The largest absolute Gasteiger partial charge is 0.352 e. The number of aryl methyl sites for hydroxylation is 1. The van der Waals surface area contributed by atoms with Gasteiger partial charge in [0.1, 0.15) is 5.52 Å². The normalized spacial score (nSPS) is 18.4. The molecule has 1 aliphatic carbocycles. The maximum Gasteiger partial charge on any atom is 0.318 e. The van der Waals surface area contributed by atoms with Crippen LogP contribution in [0.3, 0.4) is 0 Å². The predicted molar refractivity (Wildman–Crippen MR) is 155 cm³/mol. The lowest BCUT2D eigenvalue weighted by molar-refractivity contribution is -0.122. The van der Waals surface area contributed by atoms with Crippen molar-refractivity contribution in [2.75, 3.05) is 6.54 Å². The predicted octanol–water partition coefficient (Wildman–Crippen LogP) is 4.92. The molecule has 3 amide bonds. The highest BCUT2D eigenvalue weighted by atomic mass is 16.2. The summed E-state index contributed by atoms with van der Waals surface area (Å²) in [4.78, 5) is 28.1. The van der Waals surface area contributed by atoms with Gasteiger partial charge in [-0.1, -0.05) is 53.7 Å². The Balaban J connectivity index is 1.28. The Morgan fingerprint density at radius 2 is 1.82 bits per heavy atom. The van der Waals surface area contributed by atoms with Gasteiger partial charge in [0, 0.05) is 38.1 Å². The molecule has 0 bridgehead atoms. The molecular formula is C32H36N6O2. The molecule has 1 saturated carbocycles. The molecule has 40 heavy (non-hydrogen) atoms. The van der Waals surface area contributed by atoms with Gasteiger partial charge >= 0.3 is 6.03 Å². The molecule has 3 aromatic carbocycles. The van der Waals surface area contributed by atoms with E-state index in [9.17, 15) is 9.59 Å². The van der Waals surface area contributed by atoms with Crippen molar-refractivity contribution in [2.24, 2.45) is 13.0 Å². The fraction of sp³-hybridized carbons (Fsp3) is 0.375. The molecular weight excluding hydrogens is 500 g/mol. The van der Waals surface area contributed by atoms with Gasteiger partial charge in [-0.2, -0.15) is 0 Å². The smallest absolute Gasteiger partial charge is 0.318 e. The van der Waals surface area contributed by atoms with E-state index in [1.165, 1.54) is 11.1 Å². The van der Waals surface area contributed by atoms with Crippen molar-refractivity contribution in [1.82, 2.24) is 30.5 Å². The number of amides is 3. The van der Waals surface area contributed by atoms with Gasteiger partial charge in [0.05, 0.1) is 5.52 Å². The summed E-state index contributed by atoms with van der Waals surface area (Å²) in [6.45, 7) is 7.55. The van der Waals surface area contributed by atoms with Crippen LogP contribution in [-0.2, 0) is 31.4 Å². The van der Waals surface area contributed by atoms with Crippen molar-refractivity contribution < 1.29 is 9.59 Å². The lowest BCUT2D eigenvalue weighted by atomic mass is 9.87. The Labute approximate surface area is 234 Å². The number of carbonyl (C=O) groups excluding carboxylic acids is 2. The van der Waals surface area contributed by atoms with E-state index >= 15 is 0 Å². The van der Waals surface area contributed by atoms with Crippen LogP contribution in [0.4, 0.5) is 4.79 Å². The molecule has 0 radical (unpaired) electrons. The number of benzene rings is 3. The van der Waals surface area contributed by atoms with Gasteiger partial charge in [0.25, 0.3) is 0 Å². The fourth-order valence-electron chi connectivity index (χ4n) is 5.81. The zero-order chi connectivity index (χ0) is 28.0. The summed E-state index contributed by atoms with van der Waals surface area (Å²) in [6, 6.07) is 20.7. The first kappa shape index (κ1) is 26.0. The zero-order valence-electron chi connectivity index (χ0n) is 23.6. The SMILES string of the molecule is Cn1nnc2ccc(-c3ccc(CNC(=O)[C@H]4C[C@@H]4c4ccccc4)c4c3CCN(C(=O)NC(C)(C)C)C4)cc21. The molecule has 2 atom stereocenters. The zero-order valence-corrected chi connectivity index (χ0v) is 23.6. The van der Waals surface area contributed by atoms with Crippen molar-refractivity contribution in [3.63, 3.8) is 0 Å². The Morgan fingerprint density at radius 3 is 2.60 bits per heavy atom. The lowest BCUT2D eigenvalue weighted by Crippen LogP contribution is -2.50. The average molecular weight is 537 g/mol. The molecule has 6 rings (SSSR count). The highest BCUT2D eigenvalue weighted by Gasteiger charge is 2.43. The van der Waals surface area contributed by atoms with E-state index in [4.69, 9.17) is 0 Å². The highest BCUT2D eigenvalue weighted by molar-refractivity contribution is 5.84. The second kappa shape index (κ2) is 10.1. The van der Waals surface area contributed by atoms with Crippen LogP contribution in [0.5, 0.6) is 0 Å². The number of carbonyl (C=O) groups is 2. The van der Waals surface area contributed by atoms with Gasteiger partial charge in [0.2, 0.25) is 5.91 Å². The van der Waals surface area contributed by atoms with Crippen LogP contribution < -0.4 is 10.6 Å². The third-order valence-corrected chi connectivity index (χ3v) is 8.01. The monoisotopic (exact) mass is 536 g/mol. The van der Waals surface area contributed by atoms with Crippen LogP contribution in [0.1, 0.15) is 55.4 Å². The third-order valence-electron chi connectivity index (χ3n) is 8.01. The first-order chi connectivity index (χ1) is 19.2. The second-order valence-electron chi connectivity index (χ2n) is 12.1. The minimum atomic E-state index is -0.317. The molecule has 0 unspecified atom stereocenters. The van der Waals surface area contributed by atoms with E-state index in [1.807, 2.05) is 57.0 Å². The third kappa shape index (κ3) is 5.18. The van der Waals surface area contributed by atoms with Gasteiger partial charge in [-0.3, -0.25) is 4.79 Å². The summed E-state index contributed by atoms with van der Waals surface area (Å²) >= 11 is 0. The van der Waals surface area contributed by atoms with Crippen LogP contribution >= 0.6 is 0 Å². The number of nitrogens with one attached hydrogen (secondary N) is 2. The summed E-state index contributed by atoms with van der Waals surface area (Å²) < 4.78 is 1.79. The molecule has 1 aromatic heterocycles. The summed E-state index contributed by atoms with van der Waals surface area (Å²) in [6.07, 6.45) is 1.63. The maximum absolute atomic E-state index is 13.1. The van der Waals surface area contributed by atoms with Crippen molar-refractivity contribution >= 4 is 23.0 Å². The number of rotatable bonds is 5. The van der Waals surface area contributed by atoms with Gasteiger partial charge in [-0.25, -0.2) is 9.48 Å². The van der Waals surface area contributed by atoms with Crippen LogP contribution in [0.15, 0.2) is 60.7 Å². The molecule has 2 heterocycles. The molecule has 1 fully saturated rings. The molecule has 1 aliphatic heterocycles. The summed E-state index contributed by atoms with van der Waals surface area (Å²) in [7, 11) is 1.90. The summed E-state index contributed by atoms with van der Waals surface area (Å²) in [5, 5.41) is 14.7. The quantitative estimate of drug-likeness (QED) is 0.379. The van der Waals surface area contributed by atoms with Crippen LogP contribution in [0.2, 0.25) is 0 Å². The van der Waals surface area contributed by atoms with Crippen LogP contribution in [-0.4, -0.2) is 43.9 Å². The van der Waals surface area contributed by atoms with E-state index in [0.29, 0.717) is 25.6 Å². The first-order valence-electron chi connectivity index (χ1n) is 14.0. The van der Waals surface area contributed by atoms with E-state index in [0.717, 1.165) is 46.1 Å². The molecule has 0 spiro atoms. The molecule has 2 aliphatic rings. The Hall–Kier alpha value is -4.20. The van der Waals surface area contributed by atoms with E-state index in [1.54, 1.807) is 4.68 Å². The van der Waals surface area contributed by atoms with E-state index in [2.05, 4.69) is 57.3 Å². The maximum atomic E-state index is 13.1. The van der Waals surface area contributed by atoms with Gasteiger partial charge < -0.3 is 15.5 Å². The van der Waals surface area contributed by atoms with Crippen LogP contribution in [0, 0.1) is 5.92 Å². The summed E-state index contributed by atoms with van der Waals surface area (Å²) in [5.74, 6) is 0.412. The van der Waals surface area contributed by atoms with Crippen molar-refractivity contribution in [3.05, 3.63) is 82.9 Å². The average Bonchev–Trinajstić information content (AvgIpc) is 3.67. The number of hydrogen-bond donors (Lipinski definition) is 2.